The largest absolute Gasteiger partial charge is 0.465 e. The van der Waals surface area contributed by atoms with Gasteiger partial charge in [-0.05, 0) is 48.7 Å². The third-order valence-electron chi connectivity index (χ3n) is 5.52. The number of fused-ring (bicyclic) bond motifs is 1. The Labute approximate surface area is 154 Å². The molecular formula is C18H28BrNO3Si. The van der Waals surface area contributed by atoms with Gasteiger partial charge in [0.05, 0.1) is 18.7 Å². The number of benzene rings is 1. The van der Waals surface area contributed by atoms with Crippen molar-refractivity contribution in [2.45, 2.75) is 64.3 Å². The zero-order valence-corrected chi connectivity index (χ0v) is 18.0. The van der Waals surface area contributed by atoms with Gasteiger partial charge in [0.15, 0.2) is 8.32 Å². The molecule has 0 spiro atoms. The molecule has 0 saturated heterocycles. The van der Waals surface area contributed by atoms with E-state index in [1.807, 2.05) is 25.1 Å². The van der Waals surface area contributed by atoms with Crippen LogP contribution < -0.4 is 0 Å². The lowest BCUT2D eigenvalue weighted by molar-refractivity contribution is 0.0708. The highest BCUT2D eigenvalue weighted by Crippen LogP contribution is 2.39. The maximum absolute atomic E-state index is 11.9. The first kappa shape index (κ1) is 19.5. The second kappa shape index (κ2) is 6.81. The van der Waals surface area contributed by atoms with E-state index in [-0.39, 0.29) is 17.1 Å². The van der Waals surface area contributed by atoms with E-state index in [9.17, 15) is 9.90 Å². The lowest BCUT2D eigenvalue weighted by Crippen LogP contribution is -2.51. The van der Waals surface area contributed by atoms with Crippen LogP contribution >= 0.6 is 15.9 Å². The number of amides is 1. The van der Waals surface area contributed by atoms with Gasteiger partial charge >= 0.3 is 6.09 Å². The third kappa shape index (κ3) is 3.70. The second-order valence-corrected chi connectivity index (χ2v) is 13.8. The number of rotatable bonds is 3. The smallest absolute Gasteiger partial charge is 0.408 e. The first-order valence-corrected chi connectivity index (χ1v) is 12.1. The maximum Gasteiger partial charge on any atom is 0.408 e. The van der Waals surface area contributed by atoms with Crippen molar-refractivity contribution in [3.63, 3.8) is 0 Å². The topological polar surface area (TPSA) is 49.8 Å². The van der Waals surface area contributed by atoms with Gasteiger partial charge in [-0.1, -0.05) is 48.8 Å². The molecule has 4 nitrogen and oxygen atoms in total. The molecule has 0 aliphatic carbocycles. The minimum Gasteiger partial charge on any atom is -0.465 e. The van der Waals surface area contributed by atoms with Crippen molar-refractivity contribution < 1.29 is 14.3 Å². The standard InChI is InChI=1S/C18H28BrNO3Si/c1-12-14-8-7-9-16(19)15(14)10-13(20(12)17(21)22)11-23-24(5,6)18(2,3)4/h7-9,12-13H,10-11H2,1-6H3,(H,21,22)/t12-,13+/m0/s1. The summed E-state index contributed by atoms with van der Waals surface area (Å²) in [5, 5.41) is 9.84. The Morgan fingerprint density at radius 1 is 1.42 bits per heavy atom. The summed E-state index contributed by atoms with van der Waals surface area (Å²) in [6.07, 6.45) is -0.195. The predicted octanol–water partition coefficient (Wildman–Crippen LogP) is 5.44. The maximum atomic E-state index is 11.9. The molecule has 134 valence electrons. The molecule has 24 heavy (non-hydrogen) atoms. The van der Waals surface area contributed by atoms with Gasteiger partial charge in [-0.2, -0.15) is 0 Å². The Morgan fingerprint density at radius 2 is 2.04 bits per heavy atom. The van der Waals surface area contributed by atoms with Crippen LogP contribution in [0.15, 0.2) is 22.7 Å². The van der Waals surface area contributed by atoms with Gasteiger partial charge in [-0.3, -0.25) is 4.90 Å². The predicted molar refractivity (Wildman–Crippen MR) is 103 cm³/mol. The summed E-state index contributed by atoms with van der Waals surface area (Å²) < 4.78 is 7.39. The summed E-state index contributed by atoms with van der Waals surface area (Å²) in [7, 11) is -1.91. The van der Waals surface area contributed by atoms with E-state index in [1.54, 1.807) is 4.90 Å². The van der Waals surface area contributed by atoms with Crippen molar-refractivity contribution in [2.24, 2.45) is 0 Å². The lowest BCUT2D eigenvalue weighted by atomic mass is 9.89. The molecule has 1 N–H and O–H groups in total. The van der Waals surface area contributed by atoms with Crippen LogP contribution in [0.3, 0.4) is 0 Å². The Balaban J connectivity index is 2.28. The Hall–Kier alpha value is -0.853. The highest BCUT2D eigenvalue weighted by atomic mass is 79.9. The van der Waals surface area contributed by atoms with Crippen LogP contribution in [0.25, 0.3) is 0 Å². The molecule has 2 atom stereocenters. The van der Waals surface area contributed by atoms with Crippen molar-refractivity contribution >= 4 is 30.3 Å². The number of carbonyl (C=O) groups is 1. The van der Waals surface area contributed by atoms with Gasteiger partial charge in [0.25, 0.3) is 0 Å². The molecular weight excluding hydrogens is 386 g/mol. The van der Waals surface area contributed by atoms with Crippen molar-refractivity contribution in [3.8, 4) is 0 Å². The molecule has 1 aromatic rings. The van der Waals surface area contributed by atoms with Crippen LogP contribution in [0.5, 0.6) is 0 Å². The van der Waals surface area contributed by atoms with Gasteiger partial charge in [-0.25, -0.2) is 4.79 Å². The first-order chi connectivity index (χ1) is 11.0. The van der Waals surface area contributed by atoms with Crippen molar-refractivity contribution in [2.75, 3.05) is 6.61 Å². The van der Waals surface area contributed by atoms with Crippen molar-refractivity contribution in [1.29, 1.82) is 0 Å². The fourth-order valence-electron chi connectivity index (χ4n) is 2.96. The fraction of sp³-hybridized carbons (Fsp3) is 0.611. The summed E-state index contributed by atoms with van der Waals surface area (Å²) in [6.45, 7) is 13.4. The third-order valence-corrected chi connectivity index (χ3v) is 10.8. The highest BCUT2D eigenvalue weighted by molar-refractivity contribution is 9.10. The Bertz CT molecular complexity index is 627. The summed E-state index contributed by atoms with van der Waals surface area (Å²) in [5.41, 5.74) is 2.28. The van der Waals surface area contributed by atoms with E-state index in [4.69, 9.17) is 4.43 Å². The number of hydrogen-bond acceptors (Lipinski definition) is 2. The molecule has 0 unspecified atom stereocenters. The SMILES string of the molecule is C[C@H]1c2cccc(Br)c2C[C@H](CO[Si](C)(C)C(C)(C)C)N1C(=O)O. The number of hydrogen-bond donors (Lipinski definition) is 1. The number of halogens is 1. The Kier molecular flexibility index (Phi) is 5.52. The van der Waals surface area contributed by atoms with E-state index in [0.29, 0.717) is 13.0 Å². The molecule has 0 aromatic heterocycles. The van der Waals surface area contributed by atoms with E-state index < -0.39 is 14.4 Å². The van der Waals surface area contributed by atoms with Gasteiger partial charge in [0.1, 0.15) is 0 Å². The van der Waals surface area contributed by atoms with Gasteiger partial charge < -0.3 is 9.53 Å². The van der Waals surface area contributed by atoms with Gasteiger partial charge in [0.2, 0.25) is 0 Å². The molecule has 6 heteroatoms. The molecule has 1 aliphatic rings. The summed E-state index contributed by atoms with van der Waals surface area (Å²) in [5.74, 6) is 0. The molecule has 0 radical (unpaired) electrons. The van der Waals surface area contributed by atoms with E-state index in [0.717, 1.165) is 10.0 Å². The summed E-state index contributed by atoms with van der Waals surface area (Å²) in [6, 6.07) is 5.68. The lowest BCUT2D eigenvalue weighted by Gasteiger charge is -2.43. The number of carboxylic acid groups (broad SMARTS) is 1. The van der Waals surface area contributed by atoms with Crippen LogP contribution in [0.1, 0.15) is 44.9 Å². The molecule has 0 fully saturated rings. The minimum atomic E-state index is -1.91. The van der Waals surface area contributed by atoms with Gasteiger partial charge in [0, 0.05) is 4.47 Å². The zero-order valence-electron chi connectivity index (χ0n) is 15.4. The Morgan fingerprint density at radius 3 is 2.58 bits per heavy atom. The molecule has 1 amide bonds. The van der Waals surface area contributed by atoms with E-state index in [1.165, 1.54) is 5.56 Å². The summed E-state index contributed by atoms with van der Waals surface area (Å²) in [4.78, 5) is 13.4. The van der Waals surface area contributed by atoms with Crippen LogP contribution in [-0.2, 0) is 10.8 Å². The van der Waals surface area contributed by atoms with Gasteiger partial charge in [-0.15, -0.1) is 0 Å². The normalized spacial score (nSPS) is 21.5. The van der Waals surface area contributed by atoms with E-state index >= 15 is 0 Å². The van der Waals surface area contributed by atoms with Crippen molar-refractivity contribution in [1.82, 2.24) is 4.90 Å². The highest BCUT2D eigenvalue weighted by Gasteiger charge is 2.41. The van der Waals surface area contributed by atoms with Crippen LogP contribution in [0.2, 0.25) is 18.1 Å². The second-order valence-electron chi connectivity index (χ2n) is 8.10. The van der Waals surface area contributed by atoms with Crippen molar-refractivity contribution in [3.05, 3.63) is 33.8 Å². The number of nitrogens with zero attached hydrogens (tertiary/aromatic N) is 1. The minimum absolute atomic E-state index is 0.111. The van der Waals surface area contributed by atoms with Crippen LogP contribution in [-0.4, -0.2) is 37.1 Å². The monoisotopic (exact) mass is 413 g/mol. The molecule has 0 saturated carbocycles. The molecule has 1 aliphatic heterocycles. The average Bonchev–Trinajstić information content (AvgIpc) is 2.44. The molecule has 1 aromatic carbocycles. The average molecular weight is 414 g/mol. The quantitative estimate of drug-likeness (QED) is 0.671. The van der Waals surface area contributed by atoms with Crippen LogP contribution in [0, 0.1) is 0 Å². The molecule has 2 rings (SSSR count). The molecule has 0 bridgehead atoms. The fourth-order valence-corrected chi connectivity index (χ4v) is 4.55. The summed E-state index contributed by atoms with van der Waals surface area (Å²) >= 11 is 3.62. The van der Waals surface area contributed by atoms with E-state index in [2.05, 4.69) is 49.8 Å². The first-order valence-electron chi connectivity index (χ1n) is 8.38. The zero-order chi connectivity index (χ0) is 18.3. The molecule has 1 heterocycles. The van der Waals surface area contributed by atoms with Crippen LogP contribution in [0.4, 0.5) is 4.79 Å².